The van der Waals surface area contributed by atoms with Crippen molar-refractivity contribution >= 4 is 10.0 Å². The maximum atomic E-state index is 12.2. The van der Waals surface area contributed by atoms with Crippen LogP contribution in [0.4, 0.5) is 0 Å². The third-order valence-electron chi connectivity index (χ3n) is 2.71. The lowest BCUT2D eigenvalue weighted by atomic mass is 10.1. The lowest BCUT2D eigenvalue weighted by Gasteiger charge is -2.18. The molecule has 0 saturated heterocycles. The third-order valence-corrected chi connectivity index (χ3v) is 4.58. The van der Waals surface area contributed by atoms with Crippen molar-refractivity contribution in [2.75, 3.05) is 13.6 Å². The first kappa shape index (κ1) is 14.7. The Bertz CT molecular complexity index is 527. The van der Waals surface area contributed by atoms with Crippen LogP contribution in [0.2, 0.25) is 0 Å². The van der Waals surface area contributed by atoms with E-state index < -0.39 is 10.0 Å². The van der Waals surface area contributed by atoms with Crippen molar-refractivity contribution < 1.29 is 8.42 Å². The number of benzene rings is 1. The van der Waals surface area contributed by atoms with E-state index in [1.165, 1.54) is 28.6 Å². The van der Waals surface area contributed by atoms with Gasteiger partial charge in [0.25, 0.3) is 0 Å². The largest absolute Gasteiger partial charge is 0.242 e. The molecular weight excluding hydrogens is 248 g/mol. The Labute approximate surface area is 109 Å². The van der Waals surface area contributed by atoms with Gasteiger partial charge in [-0.05, 0) is 36.6 Å². The summed E-state index contributed by atoms with van der Waals surface area (Å²) in [5, 5.41) is 8.68. The van der Waals surface area contributed by atoms with Gasteiger partial charge in [-0.1, -0.05) is 13.8 Å². The molecule has 1 aromatic carbocycles. The molecule has 0 spiro atoms. The Morgan fingerprint density at radius 3 is 2.28 bits per heavy atom. The number of nitrogens with zero attached hydrogens (tertiary/aromatic N) is 2. The van der Waals surface area contributed by atoms with Gasteiger partial charge >= 0.3 is 0 Å². The minimum atomic E-state index is -3.44. The van der Waals surface area contributed by atoms with E-state index in [0.717, 1.165) is 6.42 Å². The number of rotatable bonds is 5. The van der Waals surface area contributed by atoms with Crippen LogP contribution in [0.25, 0.3) is 0 Å². The minimum absolute atomic E-state index is 0.229. The second kappa shape index (κ2) is 5.98. The summed E-state index contributed by atoms with van der Waals surface area (Å²) >= 11 is 0. The molecule has 1 aromatic rings. The molecule has 0 radical (unpaired) electrons. The maximum Gasteiger partial charge on any atom is 0.242 e. The average Bonchev–Trinajstić information content (AvgIpc) is 2.35. The van der Waals surface area contributed by atoms with Gasteiger partial charge in [-0.25, -0.2) is 12.7 Å². The van der Waals surface area contributed by atoms with Gasteiger partial charge in [-0.15, -0.1) is 0 Å². The van der Waals surface area contributed by atoms with Crippen molar-refractivity contribution in [1.29, 1.82) is 5.26 Å². The molecule has 0 fully saturated rings. The fourth-order valence-corrected chi connectivity index (χ4v) is 2.63. The van der Waals surface area contributed by atoms with Crippen molar-refractivity contribution in [1.82, 2.24) is 4.31 Å². The second-order valence-electron chi connectivity index (χ2n) is 4.65. The first-order valence-electron chi connectivity index (χ1n) is 5.84. The Morgan fingerprint density at radius 2 is 1.83 bits per heavy atom. The molecule has 0 unspecified atom stereocenters. The number of hydrogen-bond donors (Lipinski definition) is 0. The van der Waals surface area contributed by atoms with Gasteiger partial charge in [-0.2, -0.15) is 5.26 Å². The fraction of sp³-hybridized carbons (Fsp3) is 0.462. The minimum Gasteiger partial charge on any atom is -0.207 e. The highest BCUT2D eigenvalue weighted by Crippen LogP contribution is 2.16. The van der Waals surface area contributed by atoms with E-state index in [-0.39, 0.29) is 4.90 Å². The molecule has 0 saturated carbocycles. The third kappa shape index (κ3) is 3.56. The van der Waals surface area contributed by atoms with Gasteiger partial charge in [-0.3, -0.25) is 0 Å². The zero-order valence-electron chi connectivity index (χ0n) is 10.9. The van der Waals surface area contributed by atoms with Crippen molar-refractivity contribution in [2.24, 2.45) is 5.92 Å². The molecule has 0 aliphatic rings. The molecular formula is C13H18N2O2S. The SMILES string of the molecule is CC(C)CCN(C)S(=O)(=O)c1ccc(C#N)cc1. The Kier molecular flexibility index (Phi) is 4.88. The van der Waals surface area contributed by atoms with E-state index in [4.69, 9.17) is 5.26 Å². The molecule has 0 aliphatic heterocycles. The second-order valence-corrected chi connectivity index (χ2v) is 6.69. The lowest BCUT2D eigenvalue weighted by Crippen LogP contribution is -2.28. The molecule has 4 nitrogen and oxygen atoms in total. The molecule has 5 heteroatoms. The normalized spacial score (nSPS) is 11.8. The van der Waals surface area contributed by atoms with E-state index in [0.29, 0.717) is 18.0 Å². The Morgan fingerprint density at radius 1 is 1.28 bits per heavy atom. The van der Waals surface area contributed by atoms with E-state index in [1.807, 2.05) is 6.07 Å². The molecule has 1 rings (SSSR count). The van der Waals surface area contributed by atoms with Gasteiger partial charge in [0.05, 0.1) is 16.5 Å². The summed E-state index contributed by atoms with van der Waals surface area (Å²) < 4.78 is 25.7. The fourth-order valence-electron chi connectivity index (χ4n) is 1.44. The Balaban J connectivity index is 2.88. The Hall–Kier alpha value is -1.38. The predicted molar refractivity (Wildman–Crippen MR) is 70.4 cm³/mol. The summed E-state index contributed by atoms with van der Waals surface area (Å²) in [5.74, 6) is 0.462. The summed E-state index contributed by atoms with van der Waals surface area (Å²) in [7, 11) is -1.86. The van der Waals surface area contributed by atoms with Crippen LogP contribution in [-0.2, 0) is 10.0 Å². The molecule has 0 atom stereocenters. The van der Waals surface area contributed by atoms with E-state index >= 15 is 0 Å². The molecule has 0 amide bonds. The van der Waals surface area contributed by atoms with Gasteiger partial charge < -0.3 is 0 Å². The number of nitriles is 1. The standard InChI is InChI=1S/C13H18N2O2S/c1-11(2)8-9-15(3)18(16,17)13-6-4-12(10-14)5-7-13/h4-7,11H,8-9H2,1-3H3. The monoisotopic (exact) mass is 266 g/mol. The van der Waals surface area contributed by atoms with Crippen LogP contribution in [0.1, 0.15) is 25.8 Å². The summed E-state index contributed by atoms with van der Waals surface area (Å²) in [4.78, 5) is 0.229. The van der Waals surface area contributed by atoms with Crippen LogP contribution in [0, 0.1) is 17.2 Å². The maximum absolute atomic E-state index is 12.2. The quantitative estimate of drug-likeness (QED) is 0.821. The molecule has 98 valence electrons. The zero-order chi connectivity index (χ0) is 13.8. The van der Waals surface area contributed by atoms with Crippen LogP contribution in [0.5, 0.6) is 0 Å². The smallest absolute Gasteiger partial charge is 0.207 e. The molecule has 0 aromatic heterocycles. The van der Waals surface area contributed by atoms with Crippen LogP contribution in [-0.4, -0.2) is 26.3 Å². The zero-order valence-corrected chi connectivity index (χ0v) is 11.7. The van der Waals surface area contributed by atoms with E-state index in [2.05, 4.69) is 13.8 Å². The molecule has 0 N–H and O–H groups in total. The van der Waals surface area contributed by atoms with Crippen molar-refractivity contribution in [3.63, 3.8) is 0 Å². The van der Waals surface area contributed by atoms with Gasteiger partial charge in [0, 0.05) is 13.6 Å². The summed E-state index contributed by atoms with van der Waals surface area (Å²) in [6, 6.07) is 7.94. The summed E-state index contributed by atoms with van der Waals surface area (Å²) in [5.41, 5.74) is 0.457. The van der Waals surface area contributed by atoms with Gasteiger partial charge in [0.1, 0.15) is 0 Å². The number of sulfonamides is 1. The highest BCUT2D eigenvalue weighted by molar-refractivity contribution is 7.89. The van der Waals surface area contributed by atoms with E-state index in [9.17, 15) is 8.42 Å². The van der Waals surface area contributed by atoms with Crippen LogP contribution in [0.3, 0.4) is 0 Å². The first-order valence-corrected chi connectivity index (χ1v) is 7.28. The van der Waals surface area contributed by atoms with E-state index in [1.54, 1.807) is 7.05 Å². The summed E-state index contributed by atoms with van der Waals surface area (Å²) in [6.07, 6.45) is 0.825. The van der Waals surface area contributed by atoms with Crippen molar-refractivity contribution in [3.05, 3.63) is 29.8 Å². The predicted octanol–water partition coefficient (Wildman–Crippen LogP) is 2.22. The van der Waals surface area contributed by atoms with Gasteiger partial charge in [0.2, 0.25) is 10.0 Å². The van der Waals surface area contributed by atoms with Gasteiger partial charge in [0.15, 0.2) is 0 Å². The average molecular weight is 266 g/mol. The molecule has 0 aliphatic carbocycles. The lowest BCUT2D eigenvalue weighted by molar-refractivity contribution is 0.428. The molecule has 0 heterocycles. The van der Waals surface area contributed by atoms with Crippen LogP contribution in [0.15, 0.2) is 29.2 Å². The van der Waals surface area contributed by atoms with Crippen molar-refractivity contribution in [3.8, 4) is 6.07 Å². The topological polar surface area (TPSA) is 61.2 Å². The molecule has 0 bridgehead atoms. The van der Waals surface area contributed by atoms with Crippen molar-refractivity contribution in [2.45, 2.75) is 25.2 Å². The highest BCUT2D eigenvalue weighted by Gasteiger charge is 2.20. The molecule has 18 heavy (non-hydrogen) atoms. The summed E-state index contributed by atoms with van der Waals surface area (Å²) in [6.45, 7) is 4.62. The first-order chi connectivity index (χ1) is 8.37. The van der Waals surface area contributed by atoms with Crippen LogP contribution >= 0.6 is 0 Å². The highest BCUT2D eigenvalue weighted by atomic mass is 32.2. The van der Waals surface area contributed by atoms with Crippen LogP contribution < -0.4 is 0 Å². The number of hydrogen-bond acceptors (Lipinski definition) is 3.